The van der Waals surface area contributed by atoms with Gasteiger partial charge >= 0.3 is 6.09 Å². The van der Waals surface area contributed by atoms with Gasteiger partial charge in [-0.05, 0) is 37.2 Å². The summed E-state index contributed by atoms with van der Waals surface area (Å²) in [6, 6.07) is 9.83. The van der Waals surface area contributed by atoms with Crippen molar-refractivity contribution in [1.82, 2.24) is 5.32 Å². The average molecular weight is 263 g/mol. The Morgan fingerprint density at radius 3 is 2.53 bits per heavy atom. The minimum atomic E-state index is -0.351. The van der Waals surface area contributed by atoms with E-state index in [4.69, 9.17) is 9.84 Å². The van der Waals surface area contributed by atoms with Crippen molar-refractivity contribution in [2.75, 3.05) is 6.61 Å². The number of hydrogen-bond acceptors (Lipinski definition) is 3. The molecule has 1 fully saturated rings. The van der Waals surface area contributed by atoms with Gasteiger partial charge in [0.25, 0.3) is 0 Å². The van der Waals surface area contributed by atoms with Gasteiger partial charge in [-0.3, -0.25) is 0 Å². The standard InChI is InChI=1S/C15H21NO3/c17-10-12-6-8-14(9-7-12)16-15(18)19-11-13-4-2-1-3-5-13/h1-5,12,14,17H,6-11H2,(H,16,18)/t12-,14+. The van der Waals surface area contributed by atoms with Crippen LogP contribution >= 0.6 is 0 Å². The van der Waals surface area contributed by atoms with Crippen molar-refractivity contribution in [2.45, 2.75) is 38.3 Å². The highest BCUT2D eigenvalue weighted by atomic mass is 16.5. The molecule has 2 rings (SSSR count). The smallest absolute Gasteiger partial charge is 0.407 e. The fourth-order valence-corrected chi connectivity index (χ4v) is 2.42. The fraction of sp³-hybridized carbons (Fsp3) is 0.533. The normalized spacial score (nSPS) is 22.8. The van der Waals surface area contributed by atoms with E-state index in [2.05, 4.69) is 5.32 Å². The van der Waals surface area contributed by atoms with Crippen molar-refractivity contribution in [3.8, 4) is 0 Å². The van der Waals surface area contributed by atoms with Crippen LogP contribution in [0.15, 0.2) is 30.3 Å². The third kappa shape index (κ3) is 4.56. The Morgan fingerprint density at radius 1 is 1.21 bits per heavy atom. The lowest BCUT2D eigenvalue weighted by molar-refractivity contribution is 0.127. The molecule has 19 heavy (non-hydrogen) atoms. The SMILES string of the molecule is O=C(N[C@H]1CC[C@@H](CO)CC1)OCc1ccccc1. The van der Waals surface area contributed by atoms with Crippen LogP contribution in [0.5, 0.6) is 0 Å². The van der Waals surface area contributed by atoms with Crippen LogP contribution < -0.4 is 5.32 Å². The monoisotopic (exact) mass is 263 g/mol. The van der Waals surface area contributed by atoms with Gasteiger partial charge < -0.3 is 15.2 Å². The molecule has 4 heteroatoms. The van der Waals surface area contributed by atoms with E-state index >= 15 is 0 Å². The lowest BCUT2D eigenvalue weighted by Crippen LogP contribution is -2.38. The first-order valence-corrected chi connectivity index (χ1v) is 6.86. The Bertz CT molecular complexity index is 386. The van der Waals surface area contributed by atoms with Crippen LogP contribution in [0.3, 0.4) is 0 Å². The topological polar surface area (TPSA) is 58.6 Å². The summed E-state index contributed by atoms with van der Waals surface area (Å²) in [6.45, 7) is 0.559. The zero-order valence-corrected chi connectivity index (χ0v) is 11.0. The Hall–Kier alpha value is -1.55. The molecule has 1 aliphatic rings. The number of amides is 1. The van der Waals surface area contributed by atoms with E-state index in [1.54, 1.807) is 0 Å². The Morgan fingerprint density at radius 2 is 1.89 bits per heavy atom. The van der Waals surface area contributed by atoms with Crippen molar-refractivity contribution in [3.05, 3.63) is 35.9 Å². The van der Waals surface area contributed by atoms with Crippen molar-refractivity contribution in [3.63, 3.8) is 0 Å². The summed E-state index contributed by atoms with van der Waals surface area (Å²) in [6.07, 6.45) is 3.44. The molecule has 1 aromatic rings. The zero-order valence-electron chi connectivity index (χ0n) is 11.0. The highest BCUT2D eigenvalue weighted by molar-refractivity contribution is 5.67. The van der Waals surface area contributed by atoms with Gasteiger partial charge in [0.05, 0.1) is 0 Å². The number of nitrogens with one attached hydrogen (secondary N) is 1. The average Bonchev–Trinajstić information content (AvgIpc) is 2.47. The van der Waals surface area contributed by atoms with Crippen LogP contribution in [0.2, 0.25) is 0 Å². The summed E-state index contributed by atoms with van der Waals surface area (Å²) in [5.41, 5.74) is 0.988. The van der Waals surface area contributed by atoms with E-state index in [1.165, 1.54) is 0 Å². The maximum atomic E-state index is 11.7. The summed E-state index contributed by atoms with van der Waals surface area (Å²) in [5.74, 6) is 0.401. The van der Waals surface area contributed by atoms with E-state index in [0.29, 0.717) is 12.5 Å². The number of aliphatic hydroxyl groups excluding tert-OH is 1. The first-order valence-electron chi connectivity index (χ1n) is 6.86. The molecule has 0 aliphatic heterocycles. The second-order valence-electron chi connectivity index (χ2n) is 5.11. The van der Waals surface area contributed by atoms with Gasteiger partial charge in [0.2, 0.25) is 0 Å². The number of benzene rings is 1. The van der Waals surface area contributed by atoms with E-state index in [1.807, 2.05) is 30.3 Å². The fourth-order valence-electron chi connectivity index (χ4n) is 2.42. The van der Waals surface area contributed by atoms with Crippen LogP contribution in [-0.4, -0.2) is 23.8 Å². The van der Waals surface area contributed by atoms with Gasteiger partial charge in [-0.25, -0.2) is 4.79 Å². The molecule has 0 unspecified atom stereocenters. The molecule has 0 spiro atoms. The highest BCUT2D eigenvalue weighted by Crippen LogP contribution is 2.23. The largest absolute Gasteiger partial charge is 0.445 e. The molecule has 104 valence electrons. The molecular formula is C15H21NO3. The third-order valence-electron chi connectivity index (χ3n) is 3.64. The van der Waals surface area contributed by atoms with Crippen LogP contribution in [0.25, 0.3) is 0 Å². The molecular weight excluding hydrogens is 242 g/mol. The molecule has 0 radical (unpaired) electrons. The quantitative estimate of drug-likeness (QED) is 0.877. The van der Waals surface area contributed by atoms with Crippen molar-refractivity contribution >= 4 is 6.09 Å². The highest BCUT2D eigenvalue weighted by Gasteiger charge is 2.22. The number of carbonyl (C=O) groups is 1. The first kappa shape index (κ1) is 13.9. The number of rotatable bonds is 4. The molecule has 0 atom stereocenters. The van der Waals surface area contributed by atoms with Gasteiger partial charge in [-0.1, -0.05) is 30.3 Å². The summed E-state index contributed by atoms with van der Waals surface area (Å²) >= 11 is 0. The summed E-state index contributed by atoms with van der Waals surface area (Å²) in [7, 11) is 0. The predicted octanol–water partition coefficient (Wildman–Crippen LogP) is 2.46. The molecule has 0 saturated heterocycles. The summed E-state index contributed by atoms with van der Waals surface area (Å²) < 4.78 is 5.18. The molecule has 0 aromatic heterocycles. The molecule has 2 N–H and O–H groups in total. The molecule has 1 aromatic carbocycles. The van der Waals surface area contributed by atoms with Gasteiger partial charge in [0.1, 0.15) is 6.61 Å². The predicted molar refractivity (Wildman–Crippen MR) is 72.6 cm³/mol. The second-order valence-corrected chi connectivity index (χ2v) is 5.11. The Balaban J connectivity index is 1.67. The first-order chi connectivity index (χ1) is 9.28. The molecule has 4 nitrogen and oxygen atoms in total. The van der Waals surface area contributed by atoms with E-state index in [-0.39, 0.29) is 18.7 Å². The van der Waals surface area contributed by atoms with Crippen LogP contribution in [-0.2, 0) is 11.3 Å². The van der Waals surface area contributed by atoms with Gasteiger partial charge in [-0.2, -0.15) is 0 Å². The Kier molecular flexibility index (Phi) is 5.21. The Labute approximate surface area is 113 Å². The second kappa shape index (κ2) is 7.14. The van der Waals surface area contributed by atoms with Crippen LogP contribution in [0.1, 0.15) is 31.2 Å². The maximum Gasteiger partial charge on any atom is 0.407 e. The molecule has 1 saturated carbocycles. The van der Waals surface area contributed by atoms with E-state index < -0.39 is 0 Å². The molecule has 1 amide bonds. The lowest BCUT2D eigenvalue weighted by atomic mass is 9.87. The summed E-state index contributed by atoms with van der Waals surface area (Å²) in [5, 5.41) is 11.9. The lowest BCUT2D eigenvalue weighted by Gasteiger charge is -2.27. The van der Waals surface area contributed by atoms with Crippen molar-refractivity contribution in [1.29, 1.82) is 0 Å². The molecule has 0 bridgehead atoms. The summed E-state index contributed by atoms with van der Waals surface area (Å²) in [4.78, 5) is 11.7. The number of aliphatic hydroxyl groups is 1. The van der Waals surface area contributed by atoms with Crippen LogP contribution in [0, 0.1) is 5.92 Å². The van der Waals surface area contributed by atoms with Gasteiger partial charge in [0.15, 0.2) is 0 Å². The van der Waals surface area contributed by atoms with Crippen molar-refractivity contribution in [2.24, 2.45) is 5.92 Å². The van der Waals surface area contributed by atoms with Crippen LogP contribution in [0.4, 0.5) is 4.79 Å². The van der Waals surface area contributed by atoms with Crippen molar-refractivity contribution < 1.29 is 14.6 Å². The van der Waals surface area contributed by atoms with E-state index in [9.17, 15) is 4.79 Å². The molecule has 1 aliphatic carbocycles. The third-order valence-corrected chi connectivity index (χ3v) is 3.64. The maximum absolute atomic E-state index is 11.7. The van der Waals surface area contributed by atoms with Gasteiger partial charge in [0, 0.05) is 12.6 Å². The zero-order chi connectivity index (χ0) is 13.5. The minimum absolute atomic E-state index is 0.186. The number of ether oxygens (including phenoxy) is 1. The number of carbonyl (C=O) groups excluding carboxylic acids is 1. The molecule has 0 heterocycles. The van der Waals surface area contributed by atoms with Gasteiger partial charge in [-0.15, -0.1) is 0 Å². The minimum Gasteiger partial charge on any atom is -0.445 e. The number of alkyl carbamates (subject to hydrolysis) is 1. The van der Waals surface area contributed by atoms with E-state index in [0.717, 1.165) is 31.2 Å². The number of hydrogen-bond donors (Lipinski definition) is 2.